The van der Waals surface area contributed by atoms with E-state index in [1.165, 1.54) is 18.6 Å². The van der Waals surface area contributed by atoms with Crippen LogP contribution in [0.15, 0.2) is 18.5 Å². The third-order valence-corrected chi connectivity index (χ3v) is 5.96. The van der Waals surface area contributed by atoms with Crippen LogP contribution < -0.4 is 9.64 Å². The van der Waals surface area contributed by atoms with E-state index in [2.05, 4.69) is 29.1 Å². The van der Waals surface area contributed by atoms with E-state index in [-0.39, 0.29) is 5.78 Å². The van der Waals surface area contributed by atoms with Gasteiger partial charge in [0, 0.05) is 37.3 Å². The maximum absolute atomic E-state index is 12.3. The first-order valence-electron chi connectivity index (χ1n) is 9.03. The van der Waals surface area contributed by atoms with Crippen LogP contribution in [-0.4, -0.2) is 45.3 Å². The molecule has 1 aliphatic rings. The molecule has 0 aliphatic heterocycles. The number of carbonyl (C=O) groups excluding carboxylic acids is 1. The molecule has 144 valence electrons. The molecule has 3 aromatic heterocycles. The standard InChI is InChI=1S/C19H20N6O2S/c1-20-15-10-22-18-14(4-5-21-18)17(15)25(2)12-6-11(7-12)8-13(26)9-16-23-19(27-3)24-28-16/h4-5,10-12H,6-9H2,2-3H3,(H,21,22). The fraction of sp³-hybridized carbons (Fsp3) is 0.421. The number of rotatable bonds is 7. The van der Waals surface area contributed by atoms with Crippen molar-refractivity contribution >= 4 is 39.7 Å². The lowest BCUT2D eigenvalue weighted by Gasteiger charge is -2.42. The van der Waals surface area contributed by atoms with Gasteiger partial charge in [0.25, 0.3) is 0 Å². The van der Waals surface area contributed by atoms with Crippen molar-refractivity contribution < 1.29 is 9.53 Å². The van der Waals surface area contributed by atoms with Crippen molar-refractivity contribution in [2.45, 2.75) is 31.7 Å². The quantitative estimate of drug-likeness (QED) is 0.616. The molecule has 28 heavy (non-hydrogen) atoms. The number of Topliss-reactive ketones (excluding diaryl/α,β-unsaturated/α-hetero) is 1. The highest BCUT2D eigenvalue weighted by Gasteiger charge is 2.34. The van der Waals surface area contributed by atoms with Gasteiger partial charge in [-0.05, 0) is 36.4 Å². The molecule has 9 heteroatoms. The van der Waals surface area contributed by atoms with E-state index in [4.69, 9.17) is 11.3 Å². The number of anilines is 1. The Kier molecular flexibility index (Phi) is 4.96. The lowest BCUT2D eigenvalue weighted by atomic mass is 9.76. The average Bonchev–Trinajstić information content (AvgIpc) is 3.31. The number of aromatic amines is 1. The van der Waals surface area contributed by atoms with Crippen LogP contribution in [0.1, 0.15) is 24.3 Å². The summed E-state index contributed by atoms with van der Waals surface area (Å²) in [5, 5.41) is 1.66. The number of H-pyrrole nitrogens is 1. The van der Waals surface area contributed by atoms with Gasteiger partial charge >= 0.3 is 6.01 Å². The first-order chi connectivity index (χ1) is 13.6. The Hall–Kier alpha value is -2.99. The van der Waals surface area contributed by atoms with Crippen LogP contribution in [0.25, 0.3) is 15.9 Å². The number of aromatic nitrogens is 4. The van der Waals surface area contributed by atoms with Crippen LogP contribution in [0, 0.1) is 12.5 Å². The molecule has 0 atom stereocenters. The molecule has 0 bridgehead atoms. The summed E-state index contributed by atoms with van der Waals surface area (Å²) in [5.41, 5.74) is 2.25. The minimum Gasteiger partial charge on any atom is -0.466 e. The number of nitrogens with one attached hydrogen (secondary N) is 1. The SMILES string of the molecule is [C-]#[N+]c1cnc2[nH]ccc2c1N(C)C1CC(CC(=O)Cc2nc(OC)ns2)C1. The van der Waals surface area contributed by atoms with Crippen LogP contribution in [0.4, 0.5) is 11.4 Å². The largest absolute Gasteiger partial charge is 0.466 e. The summed E-state index contributed by atoms with van der Waals surface area (Å²) < 4.78 is 8.98. The van der Waals surface area contributed by atoms with Gasteiger partial charge in [0.05, 0.1) is 25.8 Å². The van der Waals surface area contributed by atoms with Gasteiger partial charge in [-0.2, -0.15) is 4.98 Å². The highest BCUT2D eigenvalue weighted by molar-refractivity contribution is 7.05. The summed E-state index contributed by atoms with van der Waals surface area (Å²) in [7, 11) is 3.54. The van der Waals surface area contributed by atoms with Gasteiger partial charge in [0.2, 0.25) is 5.69 Å². The Bertz CT molecular complexity index is 1050. The maximum Gasteiger partial charge on any atom is 0.328 e. The highest BCUT2D eigenvalue weighted by Crippen LogP contribution is 2.41. The molecule has 0 aromatic carbocycles. The minimum atomic E-state index is 0.184. The molecular weight excluding hydrogens is 376 g/mol. The maximum atomic E-state index is 12.3. The molecule has 1 fully saturated rings. The molecule has 1 aliphatic carbocycles. The van der Waals surface area contributed by atoms with Crippen molar-refractivity contribution in [3.63, 3.8) is 0 Å². The average molecular weight is 396 g/mol. The number of nitrogens with zero attached hydrogens (tertiary/aromatic N) is 5. The lowest BCUT2D eigenvalue weighted by Crippen LogP contribution is -2.43. The van der Waals surface area contributed by atoms with E-state index < -0.39 is 0 Å². The van der Waals surface area contributed by atoms with Crippen LogP contribution in [-0.2, 0) is 11.2 Å². The Morgan fingerprint density at radius 1 is 1.50 bits per heavy atom. The first-order valence-corrected chi connectivity index (χ1v) is 9.81. The molecule has 0 unspecified atom stereocenters. The number of ketones is 1. The molecule has 1 N–H and O–H groups in total. The van der Waals surface area contributed by atoms with Crippen molar-refractivity contribution in [3.05, 3.63) is 34.9 Å². The Morgan fingerprint density at radius 3 is 3.04 bits per heavy atom. The van der Waals surface area contributed by atoms with Crippen molar-refractivity contribution in [2.24, 2.45) is 5.92 Å². The van der Waals surface area contributed by atoms with Crippen LogP contribution in [0.2, 0.25) is 0 Å². The molecule has 0 radical (unpaired) electrons. The lowest BCUT2D eigenvalue weighted by molar-refractivity contribution is -0.120. The topological polar surface area (TPSA) is 88.4 Å². The highest BCUT2D eigenvalue weighted by atomic mass is 32.1. The summed E-state index contributed by atoms with van der Waals surface area (Å²) in [4.78, 5) is 29.7. The first kappa shape index (κ1) is 18.4. The zero-order chi connectivity index (χ0) is 19.7. The predicted octanol–water partition coefficient (Wildman–Crippen LogP) is 3.39. The van der Waals surface area contributed by atoms with Gasteiger partial charge in [-0.1, -0.05) is 0 Å². The van der Waals surface area contributed by atoms with Gasteiger partial charge in [-0.25, -0.2) is 4.85 Å². The molecule has 0 spiro atoms. The summed E-state index contributed by atoms with van der Waals surface area (Å²) in [6.07, 6.45) is 6.20. The van der Waals surface area contributed by atoms with Crippen LogP contribution >= 0.6 is 11.5 Å². The number of ether oxygens (including phenoxy) is 1. The van der Waals surface area contributed by atoms with Gasteiger partial charge in [0.1, 0.15) is 16.4 Å². The Balaban J connectivity index is 1.37. The van der Waals surface area contributed by atoms with E-state index in [1.807, 2.05) is 19.3 Å². The molecule has 0 amide bonds. The van der Waals surface area contributed by atoms with E-state index in [0.29, 0.717) is 41.5 Å². The fourth-order valence-corrected chi connectivity index (χ4v) is 4.40. The number of methoxy groups -OCH3 is 1. The molecule has 4 rings (SSSR count). The van der Waals surface area contributed by atoms with E-state index in [9.17, 15) is 4.79 Å². The van der Waals surface area contributed by atoms with Crippen molar-refractivity contribution in [1.29, 1.82) is 0 Å². The number of hydrogen-bond acceptors (Lipinski definition) is 7. The Labute approximate surface area is 166 Å². The van der Waals surface area contributed by atoms with Gasteiger partial charge in [0.15, 0.2) is 0 Å². The van der Waals surface area contributed by atoms with E-state index in [0.717, 1.165) is 29.6 Å². The van der Waals surface area contributed by atoms with Gasteiger partial charge < -0.3 is 14.6 Å². The molecule has 8 nitrogen and oxygen atoms in total. The van der Waals surface area contributed by atoms with Gasteiger partial charge in [-0.15, -0.1) is 4.37 Å². The van der Waals surface area contributed by atoms with Gasteiger partial charge in [-0.3, -0.25) is 9.78 Å². The molecule has 3 heterocycles. The number of pyridine rings is 1. The molecule has 1 saturated carbocycles. The van der Waals surface area contributed by atoms with Crippen LogP contribution in [0.5, 0.6) is 6.01 Å². The fourth-order valence-electron chi connectivity index (χ4n) is 3.76. The molecular formula is C19H20N6O2S. The third kappa shape index (κ3) is 3.43. The second kappa shape index (κ2) is 7.56. The number of hydrogen-bond donors (Lipinski definition) is 1. The van der Waals surface area contributed by atoms with E-state index in [1.54, 1.807) is 6.20 Å². The zero-order valence-electron chi connectivity index (χ0n) is 15.7. The summed E-state index contributed by atoms with van der Waals surface area (Å²) in [5.74, 6) is 0.554. The third-order valence-electron chi connectivity index (χ3n) is 5.27. The Morgan fingerprint density at radius 2 is 2.32 bits per heavy atom. The predicted molar refractivity (Wildman–Crippen MR) is 107 cm³/mol. The summed E-state index contributed by atoms with van der Waals surface area (Å²) in [6.45, 7) is 7.46. The normalized spacial score (nSPS) is 18.5. The zero-order valence-corrected chi connectivity index (χ0v) is 16.5. The van der Waals surface area contributed by atoms with Crippen molar-refractivity contribution in [1.82, 2.24) is 19.3 Å². The number of fused-ring (bicyclic) bond motifs is 1. The smallest absolute Gasteiger partial charge is 0.328 e. The van der Waals surface area contributed by atoms with Crippen molar-refractivity contribution in [3.8, 4) is 6.01 Å². The van der Waals surface area contributed by atoms with E-state index >= 15 is 0 Å². The van der Waals surface area contributed by atoms with Crippen molar-refractivity contribution in [2.75, 3.05) is 19.1 Å². The molecule has 3 aromatic rings. The molecule has 0 saturated heterocycles. The summed E-state index contributed by atoms with van der Waals surface area (Å²) in [6, 6.07) is 2.60. The van der Waals surface area contributed by atoms with Crippen LogP contribution in [0.3, 0.4) is 0 Å². The summed E-state index contributed by atoms with van der Waals surface area (Å²) >= 11 is 1.21. The second-order valence-electron chi connectivity index (χ2n) is 7.04. The minimum absolute atomic E-state index is 0.184. The second-order valence-corrected chi connectivity index (χ2v) is 7.88. The monoisotopic (exact) mass is 396 g/mol. The number of carbonyl (C=O) groups is 1.